The first-order valence-corrected chi connectivity index (χ1v) is 13.7. The number of unbranched alkanes of at least 4 members (excludes halogenated alkanes) is 3. The van der Waals surface area contributed by atoms with E-state index in [9.17, 15) is 24.0 Å². The molecule has 0 aliphatic carbocycles. The third kappa shape index (κ3) is 17.5. The minimum absolute atomic E-state index is 0.143. The molecule has 0 spiro atoms. The number of epoxide rings is 1. The number of ether oxygens (including phenoxy) is 7. The summed E-state index contributed by atoms with van der Waals surface area (Å²) in [5.41, 5.74) is 0.409. The van der Waals surface area contributed by atoms with E-state index in [4.69, 9.17) is 33.2 Å². The van der Waals surface area contributed by atoms with E-state index in [2.05, 4.69) is 36.9 Å². The van der Waals surface area contributed by atoms with Crippen LogP contribution in [0, 0.1) is 0 Å². The van der Waals surface area contributed by atoms with Crippen LogP contribution in [0.1, 0.15) is 39.5 Å². The van der Waals surface area contributed by atoms with Gasteiger partial charge in [-0.3, -0.25) is 5.32 Å². The number of esters is 4. The van der Waals surface area contributed by atoms with Crippen LogP contribution in [0.15, 0.2) is 49.6 Å². The lowest BCUT2D eigenvalue weighted by Gasteiger charge is -2.18. The van der Waals surface area contributed by atoms with E-state index in [1.165, 1.54) is 13.8 Å². The molecule has 0 bridgehead atoms. The highest BCUT2D eigenvalue weighted by molar-refractivity contribution is 5.87. The quantitative estimate of drug-likeness (QED) is 0.0565. The van der Waals surface area contributed by atoms with Crippen molar-refractivity contribution in [2.45, 2.75) is 64.3 Å². The van der Waals surface area contributed by atoms with Crippen LogP contribution >= 0.6 is 0 Å². The number of amides is 1. The maximum Gasteiger partial charge on any atom is 0.407 e. The highest BCUT2D eigenvalue weighted by Gasteiger charge is 2.42. The molecule has 1 heterocycles. The minimum atomic E-state index is -1.00. The number of hydrogen-bond acceptors (Lipinski definition) is 13. The van der Waals surface area contributed by atoms with E-state index in [1.807, 2.05) is 0 Å². The lowest BCUT2D eigenvalue weighted by Crippen LogP contribution is -2.35. The largest absolute Gasteiger partial charge is 0.460 e. The molecule has 1 aliphatic heterocycles. The van der Waals surface area contributed by atoms with Crippen molar-refractivity contribution in [3.8, 4) is 0 Å². The molecule has 4 atom stereocenters. The SMILES string of the molecule is C=CC(=O)OCC(COC(=O)C(=C)C)OC(=O)NCCCCCCNC1OC1OC(COC(=O)C=C)COC(=O)C(=C)C. The number of carbonyl (C=O) groups is 5. The Bertz CT molecular complexity index is 1010. The van der Waals surface area contributed by atoms with Crippen molar-refractivity contribution < 1.29 is 57.1 Å². The average molecular weight is 611 g/mol. The zero-order valence-electron chi connectivity index (χ0n) is 24.8. The standard InChI is InChI=1S/C29H42N2O12/c1-7-23(32)37-15-21(17-39-26(34)19(3)4)41-28-25(43-28)30-13-11-9-10-12-14-31-29(36)42-22(16-38-24(33)8-2)18-40-27(35)20(5)6/h7-8,21-22,25,28,30H,1-3,5,9-18H2,4,6H3,(H,31,36). The monoisotopic (exact) mass is 610 g/mol. The highest BCUT2D eigenvalue weighted by atomic mass is 16.8. The second kappa shape index (κ2) is 20.8. The second-order valence-electron chi connectivity index (χ2n) is 9.43. The predicted octanol–water partition coefficient (Wildman–Crippen LogP) is 2.00. The predicted molar refractivity (Wildman–Crippen MR) is 152 cm³/mol. The first kappa shape index (κ1) is 37.0. The smallest absolute Gasteiger partial charge is 0.407 e. The Balaban J connectivity index is 2.24. The molecule has 2 N–H and O–H groups in total. The van der Waals surface area contributed by atoms with Gasteiger partial charge in [0.05, 0.1) is 0 Å². The summed E-state index contributed by atoms with van der Waals surface area (Å²) in [5, 5.41) is 5.79. The van der Waals surface area contributed by atoms with Crippen LogP contribution in [0.3, 0.4) is 0 Å². The summed E-state index contributed by atoms with van der Waals surface area (Å²) in [6.07, 6.45) is 1.80. The van der Waals surface area contributed by atoms with Crippen molar-refractivity contribution >= 4 is 30.0 Å². The molecule has 1 aliphatic rings. The van der Waals surface area contributed by atoms with Gasteiger partial charge in [-0.25, -0.2) is 24.0 Å². The number of nitrogens with one attached hydrogen (secondary N) is 2. The summed E-state index contributed by atoms with van der Waals surface area (Å²) in [5.74, 6) is -2.58. The van der Waals surface area contributed by atoms with Crippen molar-refractivity contribution in [3.05, 3.63) is 49.6 Å². The summed E-state index contributed by atoms with van der Waals surface area (Å²) >= 11 is 0. The van der Waals surface area contributed by atoms with Gasteiger partial charge in [-0.2, -0.15) is 0 Å². The number of hydrogen-bond donors (Lipinski definition) is 2. The Morgan fingerprint density at radius 1 is 0.744 bits per heavy atom. The van der Waals surface area contributed by atoms with Gasteiger partial charge in [0.15, 0.2) is 18.6 Å². The van der Waals surface area contributed by atoms with Crippen molar-refractivity contribution in [3.63, 3.8) is 0 Å². The molecule has 14 nitrogen and oxygen atoms in total. The number of rotatable bonds is 23. The molecular weight excluding hydrogens is 568 g/mol. The van der Waals surface area contributed by atoms with Gasteiger partial charge in [0.2, 0.25) is 0 Å². The van der Waals surface area contributed by atoms with Crippen LogP contribution in [0.25, 0.3) is 0 Å². The number of carbonyl (C=O) groups excluding carboxylic acids is 5. The van der Waals surface area contributed by atoms with Gasteiger partial charge < -0.3 is 38.5 Å². The summed E-state index contributed by atoms with van der Waals surface area (Å²) in [7, 11) is 0. The third-order valence-corrected chi connectivity index (χ3v) is 5.42. The molecule has 0 aromatic heterocycles. The van der Waals surface area contributed by atoms with E-state index in [0.717, 1.165) is 31.4 Å². The molecule has 43 heavy (non-hydrogen) atoms. The van der Waals surface area contributed by atoms with Gasteiger partial charge >= 0.3 is 30.0 Å². The van der Waals surface area contributed by atoms with E-state index in [0.29, 0.717) is 19.5 Å². The second-order valence-corrected chi connectivity index (χ2v) is 9.43. The molecule has 240 valence electrons. The van der Waals surface area contributed by atoms with Crippen molar-refractivity contribution in [2.24, 2.45) is 0 Å². The number of alkyl carbamates (subject to hydrolysis) is 1. The molecule has 1 saturated heterocycles. The molecule has 0 aromatic rings. The maximum atomic E-state index is 12.1. The van der Waals surface area contributed by atoms with Crippen molar-refractivity contribution in [1.29, 1.82) is 0 Å². The molecule has 4 unspecified atom stereocenters. The average Bonchev–Trinajstić information content (AvgIpc) is 3.73. The van der Waals surface area contributed by atoms with Crippen molar-refractivity contribution in [1.82, 2.24) is 10.6 Å². The first-order valence-electron chi connectivity index (χ1n) is 13.7. The molecular formula is C29H42N2O12. The minimum Gasteiger partial charge on any atom is -0.460 e. The molecule has 1 fully saturated rings. The van der Waals surface area contributed by atoms with E-state index < -0.39 is 48.5 Å². The molecule has 14 heteroatoms. The zero-order chi connectivity index (χ0) is 32.2. The molecule has 0 aromatic carbocycles. The van der Waals surface area contributed by atoms with E-state index >= 15 is 0 Å². The summed E-state index contributed by atoms with van der Waals surface area (Å²) in [4.78, 5) is 58.1. The van der Waals surface area contributed by atoms with Crippen molar-refractivity contribution in [2.75, 3.05) is 39.5 Å². The lowest BCUT2D eigenvalue weighted by atomic mass is 10.2. The molecule has 1 rings (SSSR count). The van der Waals surface area contributed by atoms with Gasteiger partial charge in [-0.1, -0.05) is 39.2 Å². The lowest BCUT2D eigenvalue weighted by molar-refractivity contribution is -0.153. The molecule has 0 saturated carbocycles. The third-order valence-electron chi connectivity index (χ3n) is 5.42. The molecule has 0 radical (unpaired) electrons. The Hall–Kier alpha value is -4.01. The van der Waals surface area contributed by atoms with Gasteiger partial charge in [-0.05, 0) is 33.2 Å². The van der Waals surface area contributed by atoms with Crippen LogP contribution < -0.4 is 10.6 Å². The van der Waals surface area contributed by atoms with Gasteiger partial charge in [0, 0.05) is 29.8 Å². The summed E-state index contributed by atoms with van der Waals surface area (Å²) in [6.45, 7) is 16.7. The summed E-state index contributed by atoms with van der Waals surface area (Å²) in [6, 6.07) is 0. The highest BCUT2D eigenvalue weighted by Crippen LogP contribution is 2.23. The van der Waals surface area contributed by atoms with Crippen LogP contribution in [-0.4, -0.2) is 94.2 Å². The van der Waals surface area contributed by atoms with Crippen LogP contribution in [0.4, 0.5) is 4.79 Å². The van der Waals surface area contributed by atoms with E-state index in [-0.39, 0.29) is 43.8 Å². The van der Waals surface area contributed by atoms with Crippen LogP contribution in [-0.2, 0) is 52.3 Å². The fraction of sp³-hybridized carbons (Fsp3) is 0.552. The van der Waals surface area contributed by atoms with E-state index in [1.54, 1.807) is 0 Å². The molecule has 1 amide bonds. The fourth-order valence-corrected chi connectivity index (χ4v) is 3.06. The van der Waals surface area contributed by atoms with Gasteiger partial charge in [0.1, 0.15) is 32.5 Å². The topological polar surface area (TPSA) is 177 Å². The Labute approximate surface area is 251 Å². The van der Waals surface area contributed by atoms with Crippen LogP contribution in [0.2, 0.25) is 0 Å². The maximum absolute atomic E-state index is 12.1. The van der Waals surface area contributed by atoms with Gasteiger partial charge in [-0.15, -0.1) is 0 Å². The summed E-state index contributed by atoms with van der Waals surface area (Å²) < 4.78 is 36.3. The Morgan fingerprint density at radius 3 is 1.77 bits per heavy atom. The first-order chi connectivity index (χ1) is 20.5. The Kier molecular flexibility index (Phi) is 17.9. The van der Waals surface area contributed by atoms with Gasteiger partial charge in [0.25, 0.3) is 0 Å². The van der Waals surface area contributed by atoms with Crippen LogP contribution in [0.5, 0.6) is 0 Å². The fourth-order valence-electron chi connectivity index (χ4n) is 3.06. The Morgan fingerprint density at radius 2 is 1.23 bits per heavy atom. The zero-order valence-corrected chi connectivity index (χ0v) is 24.8. The normalized spacial score (nSPS) is 16.4.